The summed E-state index contributed by atoms with van der Waals surface area (Å²) in [5, 5.41) is 3.23. The first kappa shape index (κ1) is 15.9. The van der Waals surface area contributed by atoms with Gasteiger partial charge >= 0.3 is 0 Å². The Morgan fingerprint density at radius 3 is 2.58 bits per heavy atom. The third-order valence-electron chi connectivity index (χ3n) is 3.68. The van der Waals surface area contributed by atoms with Crippen molar-refractivity contribution in [1.29, 1.82) is 0 Å². The second kappa shape index (κ2) is 7.04. The molecule has 3 rings (SSSR count). The Morgan fingerprint density at radius 1 is 1.08 bits per heavy atom. The van der Waals surface area contributed by atoms with Crippen LogP contribution in [0.25, 0.3) is 11.2 Å². The van der Waals surface area contributed by atoms with Crippen molar-refractivity contribution in [2.75, 3.05) is 19.4 Å². The second-order valence-corrected chi connectivity index (χ2v) is 5.71. The summed E-state index contributed by atoms with van der Waals surface area (Å²) in [4.78, 5) is 27.0. The van der Waals surface area contributed by atoms with Crippen LogP contribution in [0, 0.1) is 0 Å². The van der Waals surface area contributed by atoms with E-state index in [1.54, 1.807) is 31.4 Å². The van der Waals surface area contributed by atoms with Gasteiger partial charge in [-0.25, -0.2) is 9.97 Å². The number of rotatable bonds is 5. The molecule has 1 aromatic carbocycles. The third kappa shape index (κ3) is 3.65. The predicted molar refractivity (Wildman–Crippen MR) is 93.6 cm³/mol. The molecule has 0 saturated carbocycles. The average Bonchev–Trinajstić information content (AvgIpc) is 2.61. The van der Waals surface area contributed by atoms with Crippen LogP contribution in [0.1, 0.15) is 5.56 Å². The van der Waals surface area contributed by atoms with E-state index in [0.29, 0.717) is 17.9 Å². The molecule has 1 amide bonds. The molecule has 6 nitrogen and oxygen atoms in total. The number of carbonyl (C=O) groups excluding carboxylic acids is 1. The summed E-state index contributed by atoms with van der Waals surface area (Å²) < 4.78 is 0. The Hall–Kier alpha value is -3.02. The highest BCUT2D eigenvalue weighted by atomic mass is 16.2. The topological polar surface area (TPSA) is 71.0 Å². The molecule has 0 bridgehead atoms. The van der Waals surface area contributed by atoms with Gasteiger partial charge in [0.25, 0.3) is 0 Å². The lowest BCUT2D eigenvalue weighted by atomic mass is 10.0. The van der Waals surface area contributed by atoms with Crippen molar-refractivity contribution in [2.24, 2.45) is 0 Å². The van der Waals surface area contributed by atoms with Gasteiger partial charge < -0.3 is 10.2 Å². The molecular weight excluding hydrogens is 302 g/mol. The van der Waals surface area contributed by atoms with Crippen molar-refractivity contribution >= 4 is 22.9 Å². The number of fused-ring (bicyclic) bond motifs is 1. The van der Waals surface area contributed by atoms with E-state index in [-0.39, 0.29) is 5.91 Å². The third-order valence-corrected chi connectivity index (χ3v) is 3.68. The van der Waals surface area contributed by atoms with Gasteiger partial charge in [0.2, 0.25) is 5.91 Å². The van der Waals surface area contributed by atoms with Crippen LogP contribution in [0.15, 0.2) is 54.9 Å². The maximum atomic E-state index is 12.5. The number of aromatic nitrogens is 3. The second-order valence-electron chi connectivity index (χ2n) is 5.71. The highest BCUT2D eigenvalue weighted by Crippen LogP contribution is 2.14. The van der Waals surface area contributed by atoms with Crippen molar-refractivity contribution < 1.29 is 4.79 Å². The molecule has 2 heterocycles. The van der Waals surface area contributed by atoms with Crippen molar-refractivity contribution in [2.45, 2.75) is 12.5 Å². The first-order valence-corrected chi connectivity index (χ1v) is 7.73. The zero-order valence-electron chi connectivity index (χ0n) is 13.7. The monoisotopic (exact) mass is 321 g/mol. The van der Waals surface area contributed by atoms with E-state index < -0.39 is 6.04 Å². The number of anilines is 1. The molecular formula is C18H19N5O. The van der Waals surface area contributed by atoms with Gasteiger partial charge in [-0.05, 0) is 17.7 Å². The van der Waals surface area contributed by atoms with Crippen LogP contribution in [0.4, 0.5) is 5.82 Å². The fraction of sp³-hybridized carbons (Fsp3) is 0.222. The van der Waals surface area contributed by atoms with Crippen LogP contribution in [-0.4, -0.2) is 45.9 Å². The van der Waals surface area contributed by atoms with E-state index in [4.69, 9.17) is 0 Å². The molecule has 1 N–H and O–H groups in total. The molecule has 0 unspecified atom stereocenters. The predicted octanol–water partition coefficient (Wildman–Crippen LogP) is 2.14. The number of nitrogens with one attached hydrogen (secondary N) is 1. The summed E-state index contributed by atoms with van der Waals surface area (Å²) in [6, 6.07) is 13.2. The molecule has 0 spiro atoms. The molecule has 0 radical (unpaired) electrons. The fourth-order valence-corrected chi connectivity index (χ4v) is 2.47. The Labute approximate surface area is 140 Å². The number of benzene rings is 1. The molecule has 122 valence electrons. The lowest BCUT2D eigenvalue weighted by Crippen LogP contribution is -2.40. The van der Waals surface area contributed by atoms with Crippen molar-refractivity contribution in [3.63, 3.8) is 0 Å². The summed E-state index contributed by atoms with van der Waals surface area (Å²) in [5.41, 5.74) is 2.37. The zero-order chi connectivity index (χ0) is 16.9. The van der Waals surface area contributed by atoms with Crippen LogP contribution in [0.2, 0.25) is 0 Å². The number of amides is 1. The van der Waals surface area contributed by atoms with E-state index in [2.05, 4.69) is 20.3 Å². The maximum Gasteiger partial charge on any atom is 0.244 e. The minimum absolute atomic E-state index is 0.0000964. The quantitative estimate of drug-likeness (QED) is 0.779. The van der Waals surface area contributed by atoms with Crippen LogP contribution in [-0.2, 0) is 11.2 Å². The van der Waals surface area contributed by atoms with Crippen LogP contribution < -0.4 is 5.32 Å². The summed E-state index contributed by atoms with van der Waals surface area (Å²) in [6.07, 6.45) is 3.81. The van der Waals surface area contributed by atoms with Gasteiger partial charge in [-0.2, -0.15) is 0 Å². The molecule has 0 saturated heterocycles. The highest BCUT2D eigenvalue weighted by Gasteiger charge is 2.21. The maximum absolute atomic E-state index is 12.5. The summed E-state index contributed by atoms with van der Waals surface area (Å²) >= 11 is 0. The molecule has 0 aliphatic heterocycles. The lowest BCUT2D eigenvalue weighted by molar-refractivity contribution is -0.129. The van der Waals surface area contributed by atoms with Crippen molar-refractivity contribution in [3.8, 4) is 0 Å². The lowest BCUT2D eigenvalue weighted by Gasteiger charge is -2.22. The van der Waals surface area contributed by atoms with E-state index in [9.17, 15) is 4.79 Å². The standard InChI is InChI=1S/C18H19N5O/c1-23(2)18(24)15(12-13-6-4-3-5-7-13)21-16-9-8-14-17(22-16)20-11-10-19-14/h3-11,15H,12H2,1-2H3,(H,20,21,22)/t15-/m1/s1. The molecule has 0 aliphatic carbocycles. The number of hydrogen-bond acceptors (Lipinski definition) is 5. The van der Waals surface area contributed by atoms with Gasteiger partial charge in [0.1, 0.15) is 17.4 Å². The first-order chi connectivity index (χ1) is 11.6. The smallest absolute Gasteiger partial charge is 0.244 e. The Morgan fingerprint density at radius 2 is 1.83 bits per heavy atom. The Kier molecular flexibility index (Phi) is 4.65. The number of hydrogen-bond donors (Lipinski definition) is 1. The van der Waals surface area contributed by atoms with Crippen molar-refractivity contribution in [3.05, 3.63) is 60.4 Å². The molecule has 3 aromatic rings. The molecule has 1 atom stereocenters. The number of carbonyl (C=O) groups is 1. The summed E-state index contributed by atoms with van der Waals surface area (Å²) in [5.74, 6) is 0.610. The Bertz CT molecular complexity index is 835. The van der Waals surface area contributed by atoms with Gasteiger partial charge in [-0.15, -0.1) is 0 Å². The highest BCUT2D eigenvalue weighted by molar-refractivity contribution is 5.84. The van der Waals surface area contributed by atoms with E-state index in [0.717, 1.165) is 11.1 Å². The molecule has 2 aromatic heterocycles. The normalized spacial score (nSPS) is 11.9. The van der Waals surface area contributed by atoms with Crippen LogP contribution in [0.3, 0.4) is 0 Å². The van der Waals surface area contributed by atoms with E-state index in [1.807, 2.05) is 42.5 Å². The van der Waals surface area contributed by atoms with Crippen molar-refractivity contribution in [1.82, 2.24) is 19.9 Å². The molecule has 6 heteroatoms. The number of nitrogens with zero attached hydrogens (tertiary/aromatic N) is 4. The van der Waals surface area contributed by atoms with Crippen LogP contribution in [0.5, 0.6) is 0 Å². The van der Waals surface area contributed by atoms with Gasteiger partial charge in [-0.3, -0.25) is 9.78 Å². The van der Waals surface area contributed by atoms with E-state index >= 15 is 0 Å². The van der Waals surface area contributed by atoms with Crippen LogP contribution >= 0.6 is 0 Å². The fourth-order valence-electron chi connectivity index (χ4n) is 2.47. The minimum Gasteiger partial charge on any atom is -0.358 e. The molecule has 0 fully saturated rings. The van der Waals surface area contributed by atoms with Gasteiger partial charge in [0.05, 0.1) is 0 Å². The van der Waals surface area contributed by atoms with Gasteiger partial charge in [0.15, 0.2) is 5.65 Å². The summed E-state index contributed by atoms with van der Waals surface area (Å²) in [7, 11) is 3.50. The minimum atomic E-state index is -0.399. The molecule has 24 heavy (non-hydrogen) atoms. The number of pyridine rings is 1. The SMILES string of the molecule is CN(C)C(=O)[C@@H](Cc1ccccc1)Nc1ccc2nccnc2n1. The van der Waals surface area contributed by atoms with Gasteiger partial charge in [0, 0.05) is 32.9 Å². The largest absolute Gasteiger partial charge is 0.358 e. The molecule has 0 aliphatic rings. The van der Waals surface area contributed by atoms with E-state index in [1.165, 1.54) is 0 Å². The summed E-state index contributed by atoms with van der Waals surface area (Å²) in [6.45, 7) is 0. The average molecular weight is 321 g/mol. The Balaban J connectivity index is 1.85. The number of likely N-dealkylation sites (N-methyl/N-ethyl adjacent to an activating group) is 1. The van der Waals surface area contributed by atoms with Gasteiger partial charge in [-0.1, -0.05) is 30.3 Å². The zero-order valence-corrected chi connectivity index (χ0v) is 13.7. The first-order valence-electron chi connectivity index (χ1n) is 7.73.